The SMILES string of the molecule is Cc1ccccc1C=CC(=O)NCC(C)(O)CC(=O)O. The zero-order valence-electron chi connectivity index (χ0n) is 11.6. The minimum absolute atomic E-state index is 0.115. The molecule has 0 aliphatic heterocycles. The van der Waals surface area contributed by atoms with Crippen LogP contribution in [0.3, 0.4) is 0 Å². The molecule has 1 aromatic carbocycles. The summed E-state index contributed by atoms with van der Waals surface area (Å²) in [4.78, 5) is 22.1. The molecular formula is C15H19NO4. The van der Waals surface area contributed by atoms with Crippen molar-refractivity contribution in [2.75, 3.05) is 6.54 Å². The Labute approximate surface area is 117 Å². The predicted octanol–water partition coefficient (Wildman–Crippen LogP) is 1.35. The van der Waals surface area contributed by atoms with E-state index in [1.807, 2.05) is 31.2 Å². The van der Waals surface area contributed by atoms with Gasteiger partial charge in [0.25, 0.3) is 0 Å². The van der Waals surface area contributed by atoms with Crippen LogP contribution in [0.5, 0.6) is 0 Å². The molecule has 0 heterocycles. The first kappa shape index (κ1) is 15.9. The summed E-state index contributed by atoms with van der Waals surface area (Å²) in [6, 6.07) is 7.62. The van der Waals surface area contributed by atoms with Crippen LogP contribution in [0.25, 0.3) is 6.08 Å². The molecule has 3 N–H and O–H groups in total. The molecule has 5 nitrogen and oxygen atoms in total. The lowest BCUT2D eigenvalue weighted by Gasteiger charge is -2.20. The monoisotopic (exact) mass is 277 g/mol. The average Bonchev–Trinajstić information content (AvgIpc) is 2.34. The molecular weight excluding hydrogens is 258 g/mol. The van der Waals surface area contributed by atoms with Gasteiger partial charge in [-0.2, -0.15) is 0 Å². The molecule has 0 saturated heterocycles. The maximum atomic E-state index is 11.6. The van der Waals surface area contributed by atoms with E-state index in [1.54, 1.807) is 6.08 Å². The van der Waals surface area contributed by atoms with Gasteiger partial charge in [0.1, 0.15) is 0 Å². The van der Waals surface area contributed by atoms with Gasteiger partial charge in [0.15, 0.2) is 0 Å². The number of hydrogen-bond acceptors (Lipinski definition) is 3. The van der Waals surface area contributed by atoms with Gasteiger partial charge in [-0.1, -0.05) is 24.3 Å². The molecule has 0 fully saturated rings. The van der Waals surface area contributed by atoms with E-state index in [2.05, 4.69) is 5.32 Å². The van der Waals surface area contributed by atoms with Crippen LogP contribution in [0.2, 0.25) is 0 Å². The molecule has 1 aromatic rings. The van der Waals surface area contributed by atoms with Crippen LogP contribution in [0.15, 0.2) is 30.3 Å². The molecule has 5 heteroatoms. The number of nitrogens with one attached hydrogen (secondary N) is 1. The van der Waals surface area contributed by atoms with Gasteiger partial charge < -0.3 is 15.5 Å². The zero-order chi connectivity index (χ0) is 15.2. The summed E-state index contributed by atoms with van der Waals surface area (Å²) in [5, 5.41) is 20.8. The zero-order valence-corrected chi connectivity index (χ0v) is 11.6. The van der Waals surface area contributed by atoms with Crippen LogP contribution in [-0.4, -0.2) is 34.2 Å². The summed E-state index contributed by atoms with van der Waals surface area (Å²) < 4.78 is 0. The molecule has 0 aliphatic carbocycles. The number of carboxylic acid groups (broad SMARTS) is 1. The van der Waals surface area contributed by atoms with E-state index in [9.17, 15) is 14.7 Å². The van der Waals surface area contributed by atoms with Gasteiger partial charge in [-0.15, -0.1) is 0 Å². The number of carbonyl (C=O) groups excluding carboxylic acids is 1. The highest BCUT2D eigenvalue weighted by atomic mass is 16.4. The number of carboxylic acids is 1. The molecule has 108 valence electrons. The fraction of sp³-hybridized carbons (Fsp3) is 0.333. The van der Waals surface area contributed by atoms with Crippen molar-refractivity contribution in [2.45, 2.75) is 25.9 Å². The summed E-state index contributed by atoms with van der Waals surface area (Å²) in [5.41, 5.74) is 0.521. The quantitative estimate of drug-likeness (QED) is 0.685. The van der Waals surface area contributed by atoms with Gasteiger partial charge in [-0.3, -0.25) is 9.59 Å². The number of aryl methyl sites for hydroxylation is 1. The highest BCUT2D eigenvalue weighted by Gasteiger charge is 2.24. The van der Waals surface area contributed by atoms with Crippen molar-refractivity contribution in [1.82, 2.24) is 5.32 Å². The van der Waals surface area contributed by atoms with Crippen molar-refractivity contribution >= 4 is 18.0 Å². The lowest BCUT2D eigenvalue weighted by Crippen LogP contribution is -2.41. The van der Waals surface area contributed by atoms with E-state index in [-0.39, 0.29) is 12.5 Å². The highest BCUT2D eigenvalue weighted by molar-refractivity contribution is 5.91. The summed E-state index contributed by atoms with van der Waals surface area (Å²) >= 11 is 0. The average molecular weight is 277 g/mol. The Morgan fingerprint density at radius 1 is 1.35 bits per heavy atom. The van der Waals surface area contributed by atoms with Crippen molar-refractivity contribution in [2.24, 2.45) is 0 Å². The normalized spacial score (nSPS) is 13.9. The van der Waals surface area contributed by atoms with Gasteiger partial charge in [0.05, 0.1) is 12.0 Å². The predicted molar refractivity (Wildman–Crippen MR) is 76.1 cm³/mol. The summed E-state index contributed by atoms with van der Waals surface area (Å²) in [7, 11) is 0. The number of rotatable bonds is 6. The van der Waals surface area contributed by atoms with Crippen molar-refractivity contribution in [3.8, 4) is 0 Å². The molecule has 1 unspecified atom stereocenters. The van der Waals surface area contributed by atoms with Gasteiger partial charge in [-0.25, -0.2) is 0 Å². The van der Waals surface area contributed by atoms with Crippen molar-refractivity contribution < 1.29 is 19.8 Å². The van der Waals surface area contributed by atoms with Gasteiger partial charge in [0, 0.05) is 12.6 Å². The van der Waals surface area contributed by atoms with E-state index in [0.717, 1.165) is 11.1 Å². The Morgan fingerprint density at radius 3 is 2.60 bits per heavy atom. The van der Waals surface area contributed by atoms with Crippen molar-refractivity contribution in [3.05, 3.63) is 41.5 Å². The van der Waals surface area contributed by atoms with Crippen molar-refractivity contribution in [3.63, 3.8) is 0 Å². The van der Waals surface area contributed by atoms with E-state index in [0.29, 0.717) is 0 Å². The number of amides is 1. The molecule has 1 amide bonds. The van der Waals surface area contributed by atoms with Crippen LogP contribution in [-0.2, 0) is 9.59 Å². The second kappa shape index (κ2) is 6.86. The minimum atomic E-state index is -1.46. The Kier molecular flexibility index (Phi) is 5.46. The molecule has 1 atom stereocenters. The summed E-state index contributed by atoms with van der Waals surface area (Å²) in [5.74, 6) is -1.49. The van der Waals surface area contributed by atoms with E-state index in [4.69, 9.17) is 5.11 Å². The Hall–Kier alpha value is -2.14. The maximum absolute atomic E-state index is 11.6. The first-order valence-corrected chi connectivity index (χ1v) is 6.26. The molecule has 1 rings (SSSR count). The number of aliphatic carboxylic acids is 1. The molecule has 0 radical (unpaired) electrons. The third-order valence-electron chi connectivity index (χ3n) is 2.78. The first-order chi connectivity index (χ1) is 9.30. The fourth-order valence-electron chi connectivity index (χ4n) is 1.66. The number of hydrogen-bond donors (Lipinski definition) is 3. The van der Waals surface area contributed by atoms with E-state index >= 15 is 0 Å². The highest BCUT2D eigenvalue weighted by Crippen LogP contribution is 2.09. The van der Waals surface area contributed by atoms with Gasteiger partial charge in [0.2, 0.25) is 5.91 Å². The Bertz CT molecular complexity index is 520. The van der Waals surface area contributed by atoms with Gasteiger partial charge in [-0.05, 0) is 31.1 Å². The topological polar surface area (TPSA) is 86.6 Å². The summed E-state index contributed by atoms with van der Waals surface area (Å²) in [6.45, 7) is 3.19. The largest absolute Gasteiger partial charge is 0.481 e. The van der Waals surface area contributed by atoms with Crippen LogP contribution < -0.4 is 5.32 Å². The van der Waals surface area contributed by atoms with Crippen LogP contribution >= 0.6 is 0 Å². The third-order valence-corrected chi connectivity index (χ3v) is 2.78. The standard InChI is InChI=1S/C15H19NO4/c1-11-5-3-4-6-12(11)7-8-13(17)16-10-15(2,20)9-14(18)19/h3-8,20H,9-10H2,1-2H3,(H,16,17)(H,18,19). The lowest BCUT2D eigenvalue weighted by molar-refractivity contribution is -0.142. The smallest absolute Gasteiger partial charge is 0.306 e. The third kappa shape index (κ3) is 5.67. The Balaban J connectivity index is 2.52. The molecule has 0 spiro atoms. The number of aliphatic hydroxyl groups is 1. The van der Waals surface area contributed by atoms with Crippen LogP contribution in [0.1, 0.15) is 24.5 Å². The van der Waals surface area contributed by atoms with Crippen molar-refractivity contribution in [1.29, 1.82) is 0 Å². The first-order valence-electron chi connectivity index (χ1n) is 6.26. The second-order valence-electron chi connectivity index (χ2n) is 4.98. The molecule has 0 aromatic heterocycles. The van der Waals surface area contributed by atoms with Gasteiger partial charge >= 0.3 is 5.97 Å². The number of carbonyl (C=O) groups is 2. The molecule has 0 bridgehead atoms. The van der Waals surface area contributed by atoms with E-state index in [1.165, 1.54) is 13.0 Å². The summed E-state index contributed by atoms with van der Waals surface area (Å²) in [6.07, 6.45) is 2.62. The molecule has 0 aliphatic rings. The molecule has 0 saturated carbocycles. The van der Waals surface area contributed by atoms with Crippen LogP contribution in [0, 0.1) is 6.92 Å². The Morgan fingerprint density at radius 2 is 2.00 bits per heavy atom. The van der Waals surface area contributed by atoms with E-state index < -0.39 is 18.0 Å². The fourth-order valence-corrected chi connectivity index (χ4v) is 1.66. The lowest BCUT2D eigenvalue weighted by atomic mass is 10.0. The second-order valence-corrected chi connectivity index (χ2v) is 4.98. The molecule has 20 heavy (non-hydrogen) atoms. The minimum Gasteiger partial charge on any atom is -0.481 e. The maximum Gasteiger partial charge on any atom is 0.306 e. The van der Waals surface area contributed by atoms with Crippen LogP contribution in [0.4, 0.5) is 0 Å². The number of benzene rings is 1.